The molecule has 2 aliphatic heterocycles. The summed E-state index contributed by atoms with van der Waals surface area (Å²) in [5.41, 5.74) is 6.12. The molecule has 0 atom stereocenters. The van der Waals surface area contributed by atoms with E-state index in [1.54, 1.807) is 24.5 Å². The summed E-state index contributed by atoms with van der Waals surface area (Å²) in [4.78, 5) is 23.4. The Hall–Kier alpha value is -3.18. The van der Waals surface area contributed by atoms with Gasteiger partial charge >= 0.3 is 0 Å². The van der Waals surface area contributed by atoms with E-state index in [1.807, 2.05) is 35.4 Å². The number of carbonyl (C=O) groups excluding carboxylic acids is 1. The number of benzene rings is 1. The zero-order chi connectivity index (χ0) is 20.5. The summed E-state index contributed by atoms with van der Waals surface area (Å²) in [5, 5.41) is 0.648. The monoisotopic (exact) mass is 417 g/mol. The van der Waals surface area contributed by atoms with E-state index >= 15 is 0 Å². The minimum absolute atomic E-state index is 0.0522. The third-order valence-electron chi connectivity index (χ3n) is 5.66. The molecule has 30 heavy (non-hydrogen) atoms. The molecule has 6 heteroatoms. The van der Waals surface area contributed by atoms with Crippen LogP contribution in [0.3, 0.4) is 0 Å². The van der Waals surface area contributed by atoms with Gasteiger partial charge in [0.2, 0.25) is 0 Å². The Morgan fingerprint density at radius 2 is 1.83 bits per heavy atom. The number of halogens is 1. The highest BCUT2D eigenvalue weighted by molar-refractivity contribution is 6.30. The summed E-state index contributed by atoms with van der Waals surface area (Å²) >= 11 is 6.23. The Morgan fingerprint density at radius 1 is 1.03 bits per heavy atom. The van der Waals surface area contributed by atoms with E-state index in [9.17, 15) is 4.79 Å². The number of ether oxygens (including phenoxy) is 1. The normalized spacial score (nSPS) is 15.7. The number of nitrogens with zero attached hydrogens (tertiary/aromatic N) is 3. The molecule has 2 aromatic heterocycles. The zero-order valence-electron chi connectivity index (χ0n) is 16.3. The quantitative estimate of drug-likeness (QED) is 0.572. The summed E-state index contributed by atoms with van der Waals surface area (Å²) in [6.07, 6.45) is 6.72. The summed E-state index contributed by atoms with van der Waals surface area (Å²) in [5.74, 6) is 0.828. The van der Waals surface area contributed by atoms with Crippen molar-refractivity contribution in [1.29, 1.82) is 0 Å². The van der Waals surface area contributed by atoms with Crippen molar-refractivity contribution in [2.75, 3.05) is 13.1 Å². The molecule has 0 unspecified atom stereocenters. The lowest BCUT2D eigenvalue weighted by molar-refractivity contribution is 0.0743. The molecule has 0 aliphatic carbocycles. The second kappa shape index (κ2) is 7.92. The van der Waals surface area contributed by atoms with Crippen LogP contribution in [0.1, 0.15) is 40.0 Å². The Morgan fingerprint density at radius 3 is 2.63 bits per heavy atom. The highest BCUT2D eigenvalue weighted by Crippen LogP contribution is 2.41. The molecule has 5 nitrogen and oxygen atoms in total. The van der Waals surface area contributed by atoms with E-state index < -0.39 is 0 Å². The molecule has 1 fully saturated rings. The summed E-state index contributed by atoms with van der Waals surface area (Å²) in [6.45, 7) is 1.80. The van der Waals surface area contributed by atoms with E-state index in [-0.39, 0.29) is 5.91 Å². The molecule has 0 radical (unpaired) electrons. The number of aromatic nitrogens is 2. The van der Waals surface area contributed by atoms with Crippen molar-refractivity contribution < 1.29 is 9.53 Å². The van der Waals surface area contributed by atoms with E-state index in [2.05, 4.69) is 11.1 Å². The van der Waals surface area contributed by atoms with Gasteiger partial charge in [0, 0.05) is 59.0 Å². The molecule has 0 bridgehead atoms. The molecule has 3 aromatic rings. The summed E-state index contributed by atoms with van der Waals surface area (Å²) < 4.78 is 6.06. The van der Waals surface area contributed by atoms with Gasteiger partial charge in [-0.2, -0.15) is 0 Å². The number of piperidine rings is 1. The maximum Gasteiger partial charge on any atom is 0.253 e. The zero-order valence-corrected chi connectivity index (χ0v) is 17.1. The van der Waals surface area contributed by atoms with Crippen molar-refractivity contribution in [1.82, 2.24) is 14.9 Å². The molecule has 5 rings (SSSR count). The van der Waals surface area contributed by atoms with Gasteiger partial charge in [0.25, 0.3) is 5.91 Å². The van der Waals surface area contributed by atoms with Crippen molar-refractivity contribution in [2.24, 2.45) is 0 Å². The van der Waals surface area contributed by atoms with Crippen LogP contribution in [0.25, 0.3) is 5.57 Å². The van der Waals surface area contributed by atoms with Crippen molar-refractivity contribution >= 4 is 23.1 Å². The lowest BCUT2D eigenvalue weighted by atomic mass is 9.89. The summed E-state index contributed by atoms with van der Waals surface area (Å²) in [6, 6.07) is 13.3. The SMILES string of the molecule is O=C(c1ccncc1)N1CCC(=C2c3ccc(Cl)cc3OCc3cccnc32)CC1. The molecule has 1 aromatic carbocycles. The Bertz CT molecular complexity index is 1130. The fourth-order valence-corrected chi connectivity index (χ4v) is 4.31. The summed E-state index contributed by atoms with van der Waals surface area (Å²) in [7, 11) is 0. The van der Waals surface area contributed by atoms with Crippen molar-refractivity contribution in [3.8, 4) is 5.75 Å². The second-order valence-electron chi connectivity index (χ2n) is 7.45. The number of rotatable bonds is 1. The van der Waals surface area contributed by atoms with E-state index in [1.165, 1.54) is 5.57 Å². The van der Waals surface area contributed by atoms with Crippen LogP contribution in [0, 0.1) is 0 Å². The number of carbonyl (C=O) groups is 1. The first-order chi connectivity index (χ1) is 14.7. The highest BCUT2D eigenvalue weighted by atomic mass is 35.5. The predicted molar refractivity (Wildman–Crippen MR) is 115 cm³/mol. The van der Waals surface area contributed by atoms with Crippen LogP contribution < -0.4 is 4.74 Å². The van der Waals surface area contributed by atoms with E-state index in [0.717, 1.165) is 41.0 Å². The second-order valence-corrected chi connectivity index (χ2v) is 7.88. The average Bonchev–Trinajstić information content (AvgIpc) is 2.96. The molecule has 2 aliphatic rings. The van der Waals surface area contributed by atoms with Crippen LogP contribution in [0.5, 0.6) is 5.75 Å². The number of likely N-dealkylation sites (tertiary alicyclic amines) is 1. The van der Waals surface area contributed by atoms with Crippen LogP contribution in [-0.2, 0) is 6.61 Å². The molecule has 0 N–H and O–H groups in total. The third-order valence-corrected chi connectivity index (χ3v) is 5.89. The Balaban J connectivity index is 1.51. The van der Waals surface area contributed by atoms with Gasteiger partial charge in [-0.15, -0.1) is 0 Å². The predicted octanol–water partition coefficient (Wildman–Crippen LogP) is 4.76. The van der Waals surface area contributed by atoms with Crippen molar-refractivity contribution in [3.05, 3.63) is 94.0 Å². The molecular weight excluding hydrogens is 398 g/mol. The van der Waals surface area contributed by atoms with Gasteiger partial charge < -0.3 is 9.64 Å². The first kappa shape index (κ1) is 18.8. The topological polar surface area (TPSA) is 55.3 Å². The molecule has 0 saturated carbocycles. The van der Waals surface area contributed by atoms with Crippen LogP contribution in [0.15, 0.2) is 66.6 Å². The van der Waals surface area contributed by atoms with Gasteiger partial charge in [-0.25, -0.2) is 0 Å². The van der Waals surface area contributed by atoms with Crippen LogP contribution in [-0.4, -0.2) is 33.9 Å². The first-order valence-corrected chi connectivity index (χ1v) is 10.4. The number of amides is 1. The minimum atomic E-state index is 0.0522. The lowest BCUT2D eigenvalue weighted by Crippen LogP contribution is -2.36. The molecule has 150 valence electrons. The van der Waals surface area contributed by atoms with Crippen LogP contribution in [0.2, 0.25) is 5.02 Å². The van der Waals surface area contributed by atoms with E-state index in [4.69, 9.17) is 21.3 Å². The van der Waals surface area contributed by atoms with Gasteiger partial charge in [-0.05, 0) is 49.2 Å². The standard InChI is InChI=1S/C24H20ClN3O2/c25-19-3-4-20-21(14-19)30-15-18-2-1-9-27-23(18)22(20)16-7-12-28(13-8-16)24(29)17-5-10-26-11-6-17/h1-6,9-11,14H,7-8,12-13,15H2. The first-order valence-electron chi connectivity index (χ1n) is 9.99. The molecule has 1 amide bonds. The van der Waals surface area contributed by atoms with Crippen LogP contribution in [0.4, 0.5) is 0 Å². The average molecular weight is 418 g/mol. The fourth-order valence-electron chi connectivity index (χ4n) is 4.15. The number of fused-ring (bicyclic) bond motifs is 2. The van der Waals surface area contributed by atoms with Crippen LogP contribution >= 0.6 is 11.6 Å². The highest BCUT2D eigenvalue weighted by Gasteiger charge is 2.27. The van der Waals surface area contributed by atoms with Gasteiger partial charge in [0.05, 0.1) is 5.69 Å². The Labute approximate surface area is 180 Å². The number of pyridine rings is 2. The van der Waals surface area contributed by atoms with E-state index in [0.29, 0.717) is 30.3 Å². The minimum Gasteiger partial charge on any atom is -0.488 e. The third kappa shape index (κ3) is 3.46. The molecular formula is C24H20ClN3O2. The van der Waals surface area contributed by atoms with Crippen molar-refractivity contribution in [3.63, 3.8) is 0 Å². The van der Waals surface area contributed by atoms with Gasteiger partial charge in [0.1, 0.15) is 12.4 Å². The molecule has 1 saturated heterocycles. The van der Waals surface area contributed by atoms with Gasteiger partial charge in [-0.3, -0.25) is 14.8 Å². The molecule has 4 heterocycles. The number of hydrogen-bond acceptors (Lipinski definition) is 4. The van der Waals surface area contributed by atoms with Crippen molar-refractivity contribution in [2.45, 2.75) is 19.4 Å². The maximum atomic E-state index is 12.8. The maximum absolute atomic E-state index is 12.8. The van der Waals surface area contributed by atoms with Gasteiger partial charge in [0.15, 0.2) is 0 Å². The Kier molecular flexibility index (Phi) is 4.97. The number of hydrogen-bond donors (Lipinski definition) is 0. The fraction of sp³-hybridized carbons (Fsp3) is 0.208. The van der Waals surface area contributed by atoms with Gasteiger partial charge in [-0.1, -0.05) is 23.2 Å². The molecule has 0 spiro atoms. The largest absolute Gasteiger partial charge is 0.488 e. The smallest absolute Gasteiger partial charge is 0.253 e. The lowest BCUT2D eigenvalue weighted by Gasteiger charge is -2.30.